The highest BCUT2D eigenvalue weighted by Crippen LogP contribution is 2.08. The van der Waals surface area contributed by atoms with Gasteiger partial charge in [-0.2, -0.15) is 5.10 Å². The van der Waals surface area contributed by atoms with Gasteiger partial charge < -0.3 is 15.2 Å². The lowest BCUT2D eigenvalue weighted by atomic mass is 10.1. The first-order valence-corrected chi connectivity index (χ1v) is 5.23. The predicted molar refractivity (Wildman–Crippen MR) is 55.9 cm³/mol. The van der Waals surface area contributed by atoms with Crippen LogP contribution in [0, 0.1) is 0 Å². The van der Waals surface area contributed by atoms with Gasteiger partial charge in [-0.3, -0.25) is 9.48 Å². The predicted octanol–water partition coefficient (Wildman–Crippen LogP) is -0.700. The quantitative estimate of drug-likeness (QED) is 0.697. The van der Waals surface area contributed by atoms with Gasteiger partial charge in [-0.15, -0.1) is 0 Å². The maximum atomic E-state index is 11.8. The molecule has 1 fully saturated rings. The van der Waals surface area contributed by atoms with Crippen molar-refractivity contribution in [3.05, 3.63) is 18.0 Å². The van der Waals surface area contributed by atoms with Crippen molar-refractivity contribution in [2.45, 2.75) is 18.6 Å². The molecule has 2 N–H and O–H groups in total. The van der Waals surface area contributed by atoms with E-state index in [1.807, 2.05) is 0 Å². The van der Waals surface area contributed by atoms with E-state index < -0.39 is 6.10 Å². The minimum Gasteiger partial charge on any atom is -0.389 e. The SMILES string of the molecule is Cn1nccc1C(=O)N[C@@H]1CCOC[C@H]1O. The molecule has 88 valence electrons. The Kier molecular flexibility index (Phi) is 3.21. The van der Waals surface area contributed by atoms with Crippen molar-refractivity contribution in [2.24, 2.45) is 7.05 Å². The van der Waals surface area contributed by atoms with Gasteiger partial charge in [0.1, 0.15) is 5.69 Å². The van der Waals surface area contributed by atoms with Crippen molar-refractivity contribution in [2.75, 3.05) is 13.2 Å². The standard InChI is InChI=1S/C10H15N3O3/c1-13-8(2-4-11-13)10(15)12-7-3-5-16-6-9(7)14/h2,4,7,9,14H,3,5-6H2,1H3,(H,12,15)/t7-,9-/m1/s1. The number of hydrogen-bond donors (Lipinski definition) is 2. The lowest BCUT2D eigenvalue weighted by Crippen LogP contribution is -2.49. The molecule has 1 amide bonds. The van der Waals surface area contributed by atoms with Crippen LogP contribution in [0.25, 0.3) is 0 Å². The molecule has 6 nitrogen and oxygen atoms in total. The van der Waals surface area contributed by atoms with Crippen LogP contribution in [0.3, 0.4) is 0 Å². The van der Waals surface area contributed by atoms with Gasteiger partial charge in [-0.05, 0) is 12.5 Å². The molecule has 0 aliphatic carbocycles. The third kappa shape index (κ3) is 2.23. The zero-order valence-electron chi connectivity index (χ0n) is 9.09. The van der Waals surface area contributed by atoms with E-state index in [0.29, 0.717) is 18.7 Å². The third-order valence-electron chi connectivity index (χ3n) is 2.70. The van der Waals surface area contributed by atoms with Crippen LogP contribution < -0.4 is 5.32 Å². The van der Waals surface area contributed by atoms with E-state index in [0.717, 1.165) is 0 Å². The molecular weight excluding hydrogens is 210 g/mol. The Bertz CT molecular complexity index is 377. The summed E-state index contributed by atoms with van der Waals surface area (Å²) in [4.78, 5) is 11.8. The number of aliphatic hydroxyl groups is 1. The van der Waals surface area contributed by atoms with E-state index in [4.69, 9.17) is 4.74 Å². The average molecular weight is 225 g/mol. The number of aromatic nitrogens is 2. The van der Waals surface area contributed by atoms with Crippen LogP contribution in [-0.2, 0) is 11.8 Å². The van der Waals surface area contributed by atoms with Crippen LogP contribution in [0.4, 0.5) is 0 Å². The first kappa shape index (κ1) is 11.1. The summed E-state index contributed by atoms with van der Waals surface area (Å²) < 4.78 is 6.59. The van der Waals surface area contributed by atoms with Gasteiger partial charge in [-0.1, -0.05) is 0 Å². The summed E-state index contributed by atoms with van der Waals surface area (Å²) in [6.07, 6.45) is 1.56. The number of amides is 1. The van der Waals surface area contributed by atoms with Gasteiger partial charge in [0.05, 0.1) is 18.8 Å². The lowest BCUT2D eigenvalue weighted by Gasteiger charge is -2.28. The monoisotopic (exact) mass is 225 g/mol. The summed E-state index contributed by atoms with van der Waals surface area (Å²) in [5.74, 6) is -0.217. The van der Waals surface area contributed by atoms with E-state index >= 15 is 0 Å². The van der Waals surface area contributed by atoms with Gasteiger partial charge in [0, 0.05) is 19.9 Å². The number of aliphatic hydroxyl groups excluding tert-OH is 1. The second-order valence-corrected chi connectivity index (χ2v) is 3.85. The zero-order valence-corrected chi connectivity index (χ0v) is 9.09. The minimum atomic E-state index is -0.633. The molecule has 1 aromatic rings. The highest BCUT2D eigenvalue weighted by Gasteiger charge is 2.26. The summed E-state index contributed by atoms with van der Waals surface area (Å²) in [5, 5.41) is 16.3. The number of carbonyl (C=O) groups is 1. The van der Waals surface area contributed by atoms with Crippen LogP contribution >= 0.6 is 0 Å². The normalized spacial score (nSPS) is 25.4. The molecule has 16 heavy (non-hydrogen) atoms. The zero-order chi connectivity index (χ0) is 11.5. The number of nitrogens with one attached hydrogen (secondary N) is 1. The number of carbonyl (C=O) groups excluding carboxylic acids is 1. The van der Waals surface area contributed by atoms with E-state index in [-0.39, 0.29) is 18.6 Å². The summed E-state index contributed by atoms with van der Waals surface area (Å²) in [6, 6.07) is 1.40. The van der Waals surface area contributed by atoms with E-state index in [9.17, 15) is 9.90 Å². The summed E-state index contributed by atoms with van der Waals surface area (Å²) in [6.45, 7) is 0.837. The maximum absolute atomic E-state index is 11.8. The fraction of sp³-hybridized carbons (Fsp3) is 0.600. The van der Waals surface area contributed by atoms with Crippen molar-refractivity contribution in [3.63, 3.8) is 0 Å². The molecule has 1 aliphatic heterocycles. The molecule has 6 heteroatoms. The molecule has 0 spiro atoms. The van der Waals surface area contributed by atoms with Crippen molar-refractivity contribution in [1.82, 2.24) is 15.1 Å². The topological polar surface area (TPSA) is 76.4 Å². The van der Waals surface area contributed by atoms with Crippen LogP contribution in [0.15, 0.2) is 12.3 Å². The molecule has 0 bridgehead atoms. The number of hydrogen-bond acceptors (Lipinski definition) is 4. The Morgan fingerprint density at radius 3 is 3.19 bits per heavy atom. The highest BCUT2D eigenvalue weighted by molar-refractivity contribution is 5.92. The molecular formula is C10H15N3O3. The van der Waals surface area contributed by atoms with Crippen molar-refractivity contribution < 1.29 is 14.6 Å². The fourth-order valence-corrected chi connectivity index (χ4v) is 1.73. The molecule has 0 unspecified atom stereocenters. The third-order valence-corrected chi connectivity index (χ3v) is 2.70. The van der Waals surface area contributed by atoms with Crippen LogP contribution in [0.5, 0.6) is 0 Å². The van der Waals surface area contributed by atoms with E-state index in [2.05, 4.69) is 10.4 Å². The molecule has 1 aliphatic rings. The second-order valence-electron chi connectivity index (χ2n) is 3.85. The van der Waals surface area contributed by atoms with Gasteiger partial charge in [-0.25, -0.2) is 0 Å². The molecule has 1 aromatic heterocycles. The summed E-state index contributed by atoms with van der Waals surface area (Å²) >= 11 is 0. The smallest absolute Gasteiger partial charge is 0.269 e. The fourth-order valence-electron chi connectivity index (χ4n) is 1.73. The number of nitrogens with zero attached hydrogens (tertiary/aromatic N) is 2. The Morgan fingerprint density at radius 1 is 1.75 bits per heavy atom. The Labute approximate surface area is 93.2 Å². The number of rotatable bonds is 2. The Hall–Kier alpha value is -1.40. The Morgan fingerprint density at radius 2 is 2.56 bits per heavy atom. The number of ether oxygens (including phenoxy) is 1. The molecule has 1 saturated heterocycles. The molecule has 0 saturated carbocycles. The highest BCUT2D eigenvalue weighted by atomic mass is 16.5. The van der Waals surface area contributed by atoms with E-state index in [1.165, 1.54) is 4.68 Å². The second kappa shape index (κ2) is 4.63. The van der Waals surface area contributed by atoms with Crippen molar-refractivity contribution in [1.29, 1.82) is 0 Å². The molecule has 2 rings (SSSR count). The molecule has 2 heterocycles. The first-order valence-electron chi connectivity index (χ1n) is 5.23. The minimum absolute atomic E-state index is 0.217. The van der Waals surface area contributed by atoms with Crippen LogP contribution in [0.1, 0.15) is 16.9 Å². The van der Waals surface area contributed by atoms with E-state index in [1.54, 1.807) is 19.3 Å². The van der Waals surface area contributed by atoms with Gasteiger partial charge in [0.15, 0.2) is 0 Å². The van der Waals surface area contributed by atoms with Crippen LogP contribution in [0.2, 0.25) is 0 Å². The molecule has 2 atom stereocenters. The maximum Gasteiger partial charge on any atom is 0.269 e. The lowest BCUT2D eigenvalue weighted by molar-refractivity contribution is -0.0261. The van der Waals surface area contributed by atoms with Crippen molar-refractivity contribution in [3.8, 4) is 0 Å². The molecule has 0 aromatic carbocycles. The first-order chi connectivity index (χ1) is 7.68. The van der Waals surface area contributed by atoms with Gasteiger partial charge in [0.25, 0.3) is 5.91 Å². The number of aryl methyl sites for hydroxylation is 1. The largest absolute Gasteiger partial charge is 0.389 e. The Balaban J connectivity index is 1.99. The average Bonchev–Trinajstić information content (AvgIpc) is 2.68. The molecule has 0 radical (unpaired) electrons. The van der Waals surface area contributed by atoms with Crippen LogP contribution in [-0.4, -0.2) is 46.2 Å². The van der Waals surface area contributed by atoms with Gasteiger partial charge >= 0.3 is 0 Å². The summed E-state index contributed by atoms with van der Waals surface area (Å²) in [5.41, 5.74) is 0.485. The van der Waals surface area contributed by atoms with Crippen molar-refractivity contribution >= 4 is 5.91 Å². The van der Waals surface area contributed by atoms with Gasteiger partial charge in [0.2, 0.25) is 0 Å². The summed E-state index contributed by atoms with van der Waals surface area (Å²) in [7, 11) is 1.70.